The molecule has 0 fully saturated rings. The molecule has 1 aromatic heterocycles. The standard InChI is InChI=1S/C15H10Cl4N2O3/c1-7(14(22)20-8-5-3-2-4-6-8)24-15(23)12-10(17)9(16)11(18)13(19)21-12/h2-7H,1H3,(H,20,22)/t7-/m1/s1. The summed E-state index contributed by atoms with van der Waals surface area (Å²) in [4.78, 5) is 27.9. The maximum absolute atomic E-state index is 12.1. The second kappa shape index (κ2) is 8.03. The third-order valence-electron chi connectivity index (χ3n) is 2.87. The highest BCUT2D eigenvalue weighted by molar-refractivity contribution is 6.52. The molecule has 126 valence electrons. The van der Waals surface area contributed by atoms with Crippen molar-refractivity contribution in [3.05, 3.63) is 56.2 Å². The fourth-order valence-electron chi connectivity index (χ4n) is 1.66. The first-order valence-corrected chi connectivity index (χ1v) is 8.09. The number of carbonyl (C=O) groups is 2. The Bertz CT molecular complexity index is 784. The first kappa shape index (κ1) is 18.8. The lowest BCUT2D eigenvalue weighted by Gasteiger charge is -2.14. The summed E-state index contributed by atoms with van der Waals surface area (Å²) in [5.74, 6) is -1.46. The molecule has 9 heteroatoms. The van der Waals surface area contributed by atoms with Crippen molar-refractivity contribution >= 4 is 64.0 Å². The molecule has 2 rings (SSSR count). The van der Waals surface area contributed by atoms with Crippen molar-refractivity contribution in [2.24, 2.45) is 0 Å². The fourth-order valence-corrected chi connectivity index (χ4v) is 2.46. The van der Waals surface area contributed by atoms with E-state index < -0.39 is 18.0 Å². The third kappa shape index (κ3) is 4.30. The second-order valence-corrected chi connectivity index (χ2v) is 6.09. The summed E-state index contributed by atoms with van der Waals surface area (Å²) >= 11 is 23.3. The molecule has 1 heterocycles. The number of para-hydroxylation sites is 1. The smallest absolute Gasteiger partial charge is 0.359 e. The van der Waals surface area contributed by atoms with Crippen LogP contribution >= 0.6 is 46.4 Å². The van der Waals surface area contributed by atoms with Crippen LogP contribution in [0.3, 0.4) is 0 Å². The number of benzene rings is 1. The zero-order chi connectivity index (χ0) is 17.9. The summed E-state index contributed by atoms with van der Waals surface area (Å²) in [6.45, 7) is 1.41. The summed E-state index contributed by atoms with van der Waals surface area (Å²) in [7, 11) is 0. The van der Waals surface area contributed by atoms with Gasteiger partial charge in [-0.25, -0.2) is 9.78 Å². The number of pyridine rings is 1. The number of amides is 1. The van der Waals surface area contributed by atoms with Gasteiger partial charge in [0, 0.05) is 5.69 Å². The highest BCUT2D eigenvalue weighted by atomic mass is 35.5. The molecule has 0 bridgehead atoms. The molecule has 0 saturated carbocycles. The fraction of sp³-hybridized carbons (Fsp3) is 0.133. The van der Waals surface area contributed by atoms with E-state index in [-0.39, 0.29) is 25.9 Å². The van der Waals surface area contributed by atoms with Crippen LogP contribution < -0.4 is 5.32 Å². The van der Waals surface area contributed by atoms with E-state index >= 15 is 0 Å². The van der Waals surface area contributed by atoms with Gasteiger partial charge in [0.15, 0.2) is 11.8 Å². The maximum Gasteiger partial charge on any atom is 0.359 e. The molecular formula is C15H10Cl4N2O3. The molecule has 1 atom stereocenters. The van der Waals surface area contributed by atoms with Gasteiger partial charge in [0.05, 0.1) is 15.1 Å². The van der Waals surface area contributed by atoms with Crippen LogP contribution in [0, 0.1) is 0 Å². The molecule has 1 N–H and O–H groups in total. The van der Waals surface area contributed by atoms with Gasteiger partial charge in [0.2, 0.25) is 0 Å². The van der Waals surface area contributed by atoms with Crippen molar-refractivity contribution in [2.45, 2.75) is 13.0 Å². The summed E-state index contributed by atoms with van der Waals surface area (Å²) in [5.41, 5.74) is 0.245. The van der Waals surface area contributed by atoms with Crippen LogP contribution in [0.2, 0.25) is 20.2 Å². The van der Waals surface area contributed by atoms with E-state index in [9.17, 15) is 9.59 Å². The van der Waals surface area contributed by atoms with Crippen molar-refractivity contribution in [3.63, 3.8) is 0 Å². The van der Waals surface area contributed by atoms with E-state index in [0.29, 0.717) is 5.69 Å². The van der Waals surface area contributed by atoms with Crippen molar-refractivity contribution in [3.8, 4) is 0 Å². The Morgan fingerprint density at radius 2 is 1.67 bits per heavy atom. The van der Waals surface area contributed by atoms with Crippen LogP contribution in [-0.2, 0) is 9.53 Å². The topological polar surface area (TPSA) is 68.3 Å². The Kier molecular flexibility index (Phi) is 6.29. The minimum Gasteiger partial charge on any atom is -0.448 e. The number of nitrogens with one attached hydrogen (secondary N) is 1. The predicted octanol–water partition coefficient (Wildman–Crippen LogP) is 4.88. The minimum absolute atomic E-state index is 0.0743. The molecule has 0 aliphatic carbocycles. The monoisotopic (exact) mass is 406 g/mol. The summed E-state index contributed by atoms with van der Waals surface area (Å²) in [5, 5.41) is 2.01. The number of carbonyl (C=O) groups excluding carboxylic acids is 2. The number of halogens is 4. The normalized spacial score (nSPS) is 11.7. The molecule has 2 aromatic rings. The van der Waals surface area contributed by atoms with Gasteiger partial charge in [-0.3, -0.25) is 4.79 Å². The lowest BCUT2D eigenvalue weighted by atomic mass is 10.3. The number of hydrogen-bond donors (Lipinski definition) is 1. The van der Waals surface area contributed by atoms with Crippen LogP contribution in [0.15, 0.2) is 30.3 Å². The number of anilines is 1. The van der Waals surface area contributed by atoms with Gasteiger partial charge < -0.3 is 10.1 Å². The number of aromatic nitrogens is 1. The highest BCUT2D eigenvalue weighted by Gasteiger charge is 2.25. The van der Waals surface area contributed by atoms with Gasteiger partial charge in [-0.2, -0.15) is 0 Å². The van der Waals surface area contributed by atoms with Gasteiger partial charge in [0.1, 0.15) is 5.15 Å². The summed E-state index contributed by atoms with van der Waals surface area (Å²) in [6.07, 6.45) is -1.09. The Balaban J connectivity index is 2.10. The number of esters is 1. The Hall–Kier alpha value is -1.53. The molecule has 1 aromatic carbocycles. The van der Waals surface area contributed by atoms with E-state index in [1.54, 1.807) is 30.3 Å². The second-order valence-electron chi connectivity index (χ2n) is 4.60. The van der Waals surface area contributed by atoms with E-state index in [0.717, 1.165) is 0 Å². The largest absolute Gasteiger partial charge is 0.448 e. The number of ether oxygens (including phenoxy) is 1. The molecule has 5 nitrogen and oxygen atoms in total. The number of nitrogens with zero attached hydrogens (tertiary/aromatic N) is 1. The number of rotatable bonds is 4. The first-order valence-electron chi connectivity index (χ1n) is 6.58. The Morgan fingerprint density at radius 1 is 1.04 bits per heavy atom. The Morgan fingerprint density at radius 3 is 2.29 bits per heavy atom. The van der Waals surface area contributed by atoms with Gasteiger partial charge in [-0.1, -0.05) is 64.6 Å². The van der Waals surface area contributed by atoms with E-state index in [4.69, 9.17) is 51.1 Å². The molecular weight excluding hydrogens is 398 g/mol. The lowest BCUT2D eigenvalue weighted by Crippen LogP contribution is -2.30. The van der Waals surface area contributed by atoms with Gasteiger partial charge in [-0.15, -0.1) is 0 Å². The predicted molar refractivity (Wildman–Crippen MR) is 94.2 cm³/mol. The van der Waals surface area contributed by atoms with E-state index in [1.165, 1.54) is 6.92 Å². The third-order valence-corrected chi connectivity index (χ3v) is 4.55. The molecule has 0 aliphatic heterocycles. The van der Waals surface area contributed by atoms with Gasteiger partial charge in [-0.05, 0) is 19.1 Å². The molecule has 0 unspecified atom stereocenters. The SMILES string of the molecule is C[C@@H](OC(=O)c1nc(Cl)c(Cl)c(Cl)c1Cl)C(=O)Nc1ccccc1. The van der Waals surface area contributed by atoms with Crippen LogP contribution in [0.4, 0.5) is 5.69 Å². The van der Waals surface area contributed by atoms with Crippen LogP contribution in [0.5, 0.6) is 0 Å². The molecule has 1 amide bonds. The van der Waals surface area contributed by atoms with Crippen molar-refractivity contribution in [2.75, 3.05) is 5.32 Å². The summed E-state index contributed by atoms with van der Waals surface area (Å²) < 4.78 is 5.04. The molecule has 0 aliphatic rings. The minimum atomic E-state index is -1.09. The molecule has 0 saturated heterocycles. The zero-order valence-electron chi connectivity index (χ0n) is 12.1. The first-order chi connectivity index (χ1) is 11.3. The van der Waals surface area contributed by atoms with Gasteiger partial charge in [0.25, 0.3) is 5.91 Å². The molecule has 0 radical (unpaired) electrons. The highest BCUT2D eigenvalue weighted by Crippen LogP contribution is 2.36. The van der Waals surface area contributed by atoms with Crippen molar-refractivity contribution < 1.29 is 14.3 Å². The van der Waals surface area contributed by atoms with Crippen LogP contribution in [-0.4, -0.2) is 23.0 Å². The number of hydrogen-bond acceptors (Lipinski definition) is 4. The van der Waals surface area contributed by atoms with Gasteiger partial charge >= 0.3 is 5.97 Å². The van der Waals surface area contributed by atoms with Crippen LogP contribution in [0.25, 0.3) is 0 Å². The maximum atomic E-state index is 12.1. The molecule has 24 heavy (non-hydrogen) atoms. The van der Waals surface area contributed by atoms with E-state index in [1.807, 2.05) is 0 Å². The lowest BCUT2D eigenvalue weighted by molar-refractivity contribution is -0.123. The zero-order valence-corrected chi connectivity index (χ0v) is 15.2. The van der Waals surface area contributed by atoms with Crippen molar-refractivity contribution in [1.82, 2.24) is 4.98 Å². The quantitative estimate of drug-likeness (QED) is 0.579. The van der Waals surface area contributed by atoms with Crippen molar-refractivity contribution in [1.29, 1.82) is 0 Å². The van der Waals surface area contributed by atoms with Crippen LogP contribution in [0.1, 0.15) is 17.4 Å². The molecule has 0 spiro atoms. The Labute approximate surface area is 157 Å². The summed E-state index contributed by atoms with van der Waals surface area (Å²) in [6, 6.07) is 8.72. The average molecular weight is 408 g/mol. The average Bonchev–Trinajstić information content (AvgIpc) is 2.56. The van der Waals surface area contributed by atoms with E-state index in [2.05, 4.69) is 10.3 Å².